The Hall–Kier alpha value is -2.97. The van der Waals surface area contributed by atoms with Crippen molar-refractivity contribution in [3.63, 3.8) is 0 Å². The molecule has 1 aromatic heterocycles. The van der Waals surface area contributed by atoms with Crippen molar-refractivity contribution in [2.75, 3.05) is 13.2 Å². The maximum atomic E-state index is 13.0. The second-order valence-electron chi connectivity index (χ2n) is 5.71. The van der Waals surface area contributed by atoms with E-state index in [1.807, 2.05) is 0 Å². The summed E-state index contributed by atoms with van der Waals surface area (Å²) in [6, 6.07) is 6.31. The molecule has 2 aromatic rings. The minimum absolute atomic E-state index is 0.166. The molecule has 0 spiro atoms. The van der Waals surface area contributed by atoms with Crippen LogP contribution in [0.4, 0.5) is 13.2 Å². The average Bonchev–Trinajstić information content (AvgIpc) is 2.68. The maximum absolute atomic E-state index is 13.0. The number of halogens is 3. The summed E-state index contributed by atoms with van der Waals surface area (Å²) < 4.78 is 43.9. The van der Waals surface area contributed by atoms with Gasteiger partial charge in [-0.1, -0.05) is 17.3 Å². The highest BCUT2D eigenvalue weighted by Gasteiger charge is 2.30. The summed E-state index contributed by atoms with van der Waals surface area (Å²) in [6.45, 7) is 2.27. The van der Waals surface area contributed by atoms with Crippen molar-refractivity contribution in [2.24, 2.45) is 5.16 Å². The van der Waals surface area contributed by atoms with Crippen LogP contribution in [0.15, 0.2) is 48.0 Å². The third-order valence-electron chi connectivity index (χ3n) is 3.62. The summed E-state index contributed by atoms with van der Waals surface area (Å²) in [6.07, 6.45) is -0.362. The molecule has 0 bridgehead atoms. The second kappa shape index (κ2) is 10.4. The lowest BCUT2D eigenvalue weighted by Crippen LogP contribution is -2.11. The molecular weight excluding hydrogens is 375 g/mol. The van der Waals surface area contributed by atoms with Gasteiger partial charge in [-0.2, -0.15) is 13.2 Å². The molecule has 0 atom stereocenters. The highest BCUT2D eigenvalue weighted by atomic mass is 19.4. The van der Waals surface area contributed by atoms with E-state index in [9.17, 15) is 18.0 Å². The van der Waals surface area contributed by atoms with E-state index in [4.69, 9.17) is 9.57 Å². The lowest BCUT2D eigenvalue weighted by molar-refractivity contribution is -0.143. The van der Waals surface area contributed by atoms with Gasteiger partial charge in [0.05, 0.1) is 17.9 Å². The van der Waals surface area contributed by atoms with Crippen LogP contribution in [0.25, 0.3) is 0 Å². The number of hydrogen-bond acceptors (Lipinski definition) is 6. The Bertz CT molecular complexity index is 796. The van der Waals surface area contributed by atoms with Crippen molar-refractivity contribution >= 4 is 11.7 Å². The molecule has 0 saturated heterocycles. The highest BCUT2D eigenvalue weighted by molar-refractivity contribution is 6.11. The van der Waals surface area contributed by atoms with Crippen LogP contribution in [0, 0.1) is 0 Å². The molecule has 0 radical (unpaired) electrons. The number of nitrogens with zero attached hydrogens (tertiary/aromatic N) is 3. The van der Waals surface area contributed by atoms with Crippen LogP contribution in [-0.2, 0) is 20.5 Å². The van der Waals surface area contributed by atoms with Gasteiger partial charge in [0, 0.05) is 18.2 Å². The molecule has 2 rings (SSSR count). The Labute approximate surface area is 160 Å². The van der Waals surface area contributed by atoms with E-state index in [1.165, 1.54) is 30.7 Å². The number of hydrogen-bond donors (Lipinski definition) is 0. The maximum Gasteiger partial charge on any atom is 0.416 e. The van der Waals surface area contributed by atoms with Crippen LogP contribution in [0.1, 0.15) is 43.0 Å². The first-order chi connectivity index (χ1) is 13.4. The van der Waals surface area contributed by atoms with E-state index in [0.717, 1.165) is 12.1 Å². The largest absolute Gasteiger partial charge is 0.466 e. The first kappa shape index (κ1) is 21.3. The SMILES string of the molecule is CCOC(=O)CCCCO/N=C(\c1cccc(C(F)(F)F)c1)c1ccncn1. The van der Waals surface area contributed by atoms with Gasteiger partial charge in [0.2, 0.25) is 0 Å². The van der Waals surface area contributed by atoms with Crippen molar-refractivity contribution in [1.29, 1.82) is 0 Å². The molecule has 0 N–H and O–H groups in total. The molecule has 0 fully saturated rings. The lowest BCUT2D eigenvalue weighted by atomic mass is 10.0. The Morgan fingerprint density at radius 1 is 1.21 bits per heavy atom. The molecule has 0 aliphatic heterocycles. The van der Waals surface area contributed by atoms with Gasteiger partial charge in [0.15, 0.2) is 0 Å². The number of benzene rings is 1. The van der Waals surface area contributed by atoms with Crippen molar-refractivity contribution in [2.45, 2.75) is 32.4 Å². The smallest absolute Gasteiger partial charge is 0.416 e. The fourth-order valence-corrected chi connectivity index (χ4v) is 2.30. The number of esters is 1. The van der Waals surface area contributed by atoms with Gasteiger partial charge < -0.3 is 9.57 Å². The Kier molecular flexibility index (Phi) is 7.91. The normalized spacial score (nSPS) is 11.9. The Balaban J connectivity index is 2.09. The number of carbonyl (C=O) groups is 1. The number of ether oxygens (including phenoxy) is 1. The molecule has 0 saturated carbocycles. The van der Waals surface area contributed by atoms with Crippen molar-refractivity contribution in [1.82, 2.24) is 9.97 Å². The lowest BCUT2D eigenvalue weighted by Gasteiger charge is -2.10. The summed E-state index contributed by atoms with van der Waals surface area (Å²) in [4.78, 5) is 24.4. The predicted molar refractivity (Wildman–Crippen MR) is 95.6 cm³/mol. The third kappa shape index (κ3) is 6.64. The summed E-state index contributed by atoms with van der Waals surface area (Å²) in [5, 5.41) is 3.98. The fourth-order valence-electron chi connectivity index (χ4n) is 2.30. The van der Waals surface area contributed by atoms with Crippen LogP contribution in [0.5, 0.6) is 0 Å². The van der Waals surface area contributed by atoms with Crippen LogP contribution >= 0.6 is 0 Å². The van der Waals surface area contributed by atoms with Gasteiger partial charge in [-0.05, 0) is 38.0 Å². The zero-order chi connectivity index (χ0) is 20.4. The van der Waals surface area contributed by atoms with Crippen LogP contribution in [-0.4, -0.2) is 34.9 Å². The van der Waals surface area contributed by atoms with Gasteiger partial charge in [0.1, 0.15) is 18.6 Å². The van der Waals surface area contributed by atoms with Gasteiger partial charge in [-0.25, -0.2) is 9.97 Å². The van der Waals surface area contributed by atoms with Gasteiger partial charge in [-0.15, -0.1) is 0 Å². The molecule has 150 valence electrons. The zero-order valence-corrected chi connectivity index (χ0v) is 15.3. The van der Waals surface area contributed by atoms with Crippen LogP contribution < -0.4 is 0 Å². The summed E-state index contributed by atoms with van der Waals surface area (Å²) >= 11 is 0. The molecule has 0 aliphatic carbocycles. The van der Waals surface area contributed by atoms with E-state index in [1.54, 1.807) is 6.92 Å². The monoisotopic (exact) mass is 395 g/mol. The molecule has 1 heterocycles. The zero-order valence-electron chi connectivity index (χ0n) is 15.3. The number of rotatable bonds is 9. The molecule has 9 heteroatoms. The Morgan fingerprint density at radius 2 is 2.04 bits per heavy atom. The number of aromatic nitrogens is 2. The van der Waals surface area contributed by atoms with E-state index in [-0.39, 0.29) is 30.3 Å². The highest BCUT2D eigenvalue weighted by Crippen LogP contribution is 2.30. The summed E-state index contributed by atoms with van der Waals surface area (Å²) in [5.41, 5.74) is -0.0685. The molecule has 0 unspecified atom stereocenters. The van der Waals surface area contributed by atoms with Crippen LogP contribution in [0.3, 0.4) is 0 Å². The van der Waals surface area contributed by atoms with E-state index in [0.29, 0.717) is 25.1 Å². The fraction of sp³-hybridized carbons (Fsp3) is 0.368. The average molecular weight is 395 g/mol. The van der Waals surface area contributed by atoms with Gasteiger partial charge in [0.25, 0.3) is 0 Å². The predicted octanol–water partition coefficient (Wildman–Crippen LogP) is 4.00. The molecular formula is C19H20F3N3O3. The Morgan fingerprint density at radius 3 is 2.71 bits per heavy atom. The van der Waals surface area contributed by atoms with E-state index < -0.39 is 11.7 Å². The van der Waals surface area contributed by atoms with E-state index in [2.05, 4.69) is 15.1 Å². The molecule has 0 amide bonds. The van der Waals surface area contributed by atoms with Gasteiger partial charge >= 0.3 is 12.1 Å². The minimum atomic E-state index is -4.47. The number of unbranched alkanes of at least 4 members (excludes halogenated alkanes) is 1. The van der Waals surface area contributed by atoms with Crippen LogP contribution in [0.2, 0.25) is 0 Å². The number of alkyl halides is 3. The summed E-state index contributed by atoms with van der Waals surface area (Å²) in [7, 11) is 0. The third-order valence-corrected chi connectivity index (χ3v) is 3.62. The van der Waals surface area contributed by atoms with E-state index >= 15 is 0 Å². The molecule has 0 aliphatic rings. The minimum Gasteiger partial charge on any atom is -0.466 e. The molecule has 6 nitrogen and oxygen atoms in total. The standard InChI is InChI=1S/C19H20F3N3O3/c1-2-27-17(26)8-3-4-11-28-25-18(16-9-10-23-13-24-16)14-6-5-7-15(12-14)19(20,21)22/h5-7,9-10,12-13H,2-4,8,11H2,1H3/b25-18+. The number of carbonyl (C=O) groups excluding carboxylic acids is 1. The molecule has 1 aromatic carbocycles. The van der Waals surface area contributed by atoms with Crippen molar-refractivity contribution in [3.05, 3.63) is 59.7 Å². The van der Waals surface area contributed by atoms with Gasteiger partial charge in [-0.3, -0.25) is 4.79 Å². The van der Waals surface area contributed by atoms with Crippen molar-refractivity contribution < 1.29 is 27.5 Å². The molecule has 28 heavy (non-hydrogen) atoms. The first-order valence-electron chi connectivity index (χ1n) is 8.71. The number of oxime groups is 1. The first-order valence-corrected chi connectivity index (χ1v) is 8.71. The second-order valence-corrected chi connectivity index (χ2v) is 5.71. The van der Waals surface area contributed by atoms with Crippen molar-refractivity contribution in [3.8, 4) is 0 Å². The quantitative estimate of drug-likeness (QED) is 0.278. The summed E-state index contributed by atoms with van der Waals surface area (Å²) in [5.74, 6) is -0.281. The topological polar surface area (TPSA) is 73.7 Å².